The number of benzene rings is 1. The molecule has 0 bridgehead atoms. The second-order valence-electron chi connectivity index (χ2n) is 5.07. The number of amides is 1. The number of hydrogen-bond donors (Lipinski definition) is 1. The highest BCUT2D eigenvalue weighted by molar-refractivity contribution is 6.42. The molecule has 104 valence electrons. The highest BCUT2D eigenvalue weighted by Crippen LogP contribution is 2.27. The standard InChI is InChI=1S/C14H18Cl2N2O/c1-18(14(19)8-17-7-10-2-3-10)9-11-4-5-12(15)13(16)6-11/h4-6,10,17H,2-3,7-9H2,1H3. The van der Waals surface area contributed by atoms with Crippen molar-refractivity contribution in [1.29, 1.82) is 0 Å². The van der Waals surface area contributed by atoms with E-state index in [4.69, 9.17) is 23.2 Å². The minimum atomic E-state index is 0.0896. The average molecular weight is 301 g/mol. The van der Waals surface area contributed by atoms with E-state index in [1.807, 2.05) is 6.07 Å². The van der Waals surface area contributed by atoms with Crippen molar-refractivity contribution in [2.75, 3.05) is 20.1 Å². The van der Waals surface area contributed by atoms with Crippen molar-refractivity contribution in [2.24, 2.45) is 5.92 Å². The summed E-state index contributed by atoms with van der Waals surface area (Å²) in [7, 11) is 1.80. The van der Waals surface area contributed by atoms with Crippen LogP contribution < -0.4 is 5.32 Å². The van der Waals surface area contributed by atoms with Gasteiger partial charge >= 0.3 is 0 Å². The van der Waals surface area contributed by atoms with Crippen molar-refractivity contribution >= 4 is 29.1 Å². The molecule has 0 aromatic heterocycles. The summed E-state index contributed by atoms with van der Waals surface area (Å²) in [5, 5.41) is 4.25. The van der Waals surface area contributed by atoms with Gasteiger partial charge in [-0.05, 0) is 43.0 Å². The first-order valence-electron chi connectivity index (χ1n) is 6.45. The number of nitrogens with zero attached hydrogens (tertiary/aromatic N) is 1. The Hall–Kier alpha value is -0.770. The van der Waals surface area contributed by atoms with Gasteiger partial charge in [-0.3, -0.25) is 4.79 Å². The number of carbonyl (C=O) groups excluding carboxylic acids is 1. The smallest absolute Gasteiger partial charge is 0.236 e. The monoisotopic (exact) mass is 300 g/mol. The van der Waals surface area contributed by atoms with Crippen molar-refractivity contribution in [3.05, 3.63) is 33.8 Å². The van der Waals surface area contributed by atoms with E-state index >= 15 is 0 Å². The van der Waals surface area contributed by atoms with Gasteiger partial charge in [-0.1, -0.05) is 29.3 Å². The molecule has 1 saturated carbocycles. The first-order valence-corrected chi connectivity index (χ1v) is 7.20. The Balaban J connectivity index is 1.79. The van der Waals surface area contributed by atoms with Crippen LogP contribution in [0.25, 0.3) is 0 Å². The van der Waals surface area contributed by atoms with Gasteiger partial charge in [0.1, 0.15) is 0 Å². The Morgan fingerprint density at radius 1 is 1.37 bits per heavy atom. The Kier molecular flexibility index (Phi) is 5.08. The normalized spacial score (nSPS) is 14.5. The van der Waals surface area contributed by atoms with Crippen LogP contribution in [0.15, 0.2) is 18.2 Å². The molecule has 0 radical (unpaired) electrons. The molecular weight excluding hydrogens is 283 g/mol. The van der Waals surface area contributed by atoms with Crippen molar-refractivity contribution in [3.8, 4) is 0 Å². The topological polar surface area (TPSA) is 32.3 Å². The lowest BCUT2D eigenvalue weighted by Crippen LogP contribution is -2.35. The van der Waals surface area contributed by atoms with E-state index in [1.54, 1.807) is 24.1 Å². The third kappa shape index (κ3) is 4.68. The van der Waals surface area contributed by atoms with Crippen molar-refractivity contribution in [2.45, 2.75) is 19.4 Å². The van der Waals surface area contributed by atoms with E-state index in [2.05, 4.69) is 5.32 Å². The lowest BCUT2D eigenvalue weighted by Gasteiger charge is -2.18. The molecular formula is C14H18Cl2N2O. The summed E-state index contributed by atoms with van der Waals surface area (Å²) in [5.74, 6) is 0.875. The summed E-state index contributed by atoms with van der Waals surface area (Å²) in [4.78, 5) is 13.6. The fourth-order valence-electron chi connectivity index (χ4n) is 1.84. The van der Waals surface area contributed by atoms with Crippen molar-refractivity contribution in [3.63, 3.8) is 0 Å². The summed E-state index contributed by atoms with van der Waals surface area (Å²) in [6, 6.07) is 5.43. The van der Waals surface area contributed by atoms with Gasteiger partial charge in [0, 0.05) is 13.6 Å². The molecule has 1 aliphatic carbocycles. The lowest BCUT2D eigenvalue weighted by atomic mass is 10.2. The molecule has 1 N–H and O–H groups in total. The summed E-state index contributed by atoms with van der Waals surface area (Å²) in [6.45, 7) is 1.89. The molecule has 2 rings (SSSR count). The highest BCUT2D eigenvalue weighted by atomic mass is 35.5. The maximum Gasteiger partial charge on any atom is 0.236 e. The Labute approximate surface area is 123 Å². The largest absolute Gasteiger partial charge is 0.340 e. The van der Waals surface area contributed by atoms with Gasteiger partial charge in [0.2, 0.25) is 5.91 Å². The van der Waals surface area contributed by atoms with Gasteiger partial charge < -0.3 is 10.2 Å². The molecule has 1 aliphatic rings. The minimum absolute atomic E-state index is 0.0896. The summed E-state index contributed by atoms with van der Waals surface area (Å²) < 4.78 is 0. The molecule has 1 amide bonds. The van der Waals surface area contributed by atoms with Crippen LogP contribution in [-0.4, -0.2) is 30.9 Å². The predicted octanol–water partition coefficient (Wildman–Crippen LogP) is 2.95. The second-order valence-corrected chi connectivity index (χ2v) is 5.89. The molecule has 19 heavy (non-hydrogen) atoms. The molecule has 3 nitrogen and oxygen atoms in total. The zero-order chi connectivity index (χ0) is 13.8. The first kappa shape index (κ1) is 14.6. The molecule has 0 heterocycles. The number of carbonyl (C=O) groups is 1. The number of rotatable bonds is 6. The number of nitrogens with one attached hydrogen (secondary N) is 1. The maximum atomic E-state index is 11.9. The maximum absolute atomic E-state index is 11.9. The van der Waals surface area contributed by atoms with Gasteiger partial charge in [0.05, 0.1) is 16.6 Å². The number of halogens is 2. The van der Waals surface area contributed by atoms with Crippen LogP contribution in [0.5, 0.6) is 0 Å². The van der Waals surface area contributed by atoms with Crippen LogP contribution in [-0.2, 0) is 11.3 Å². The second kappa shape index (κ2) is 6.60. The van der Waals surface area contributed by atoms with Gasteiger partial charge in [-0.2, -0.15) is 0 Å². The van der Waals surface area contributed by atoms with E-state index in [0.717, 1.165) is 18.0 Å². The fraction of sp³-hybridized carbons (Fsp3) is 0.500. The Morgan fingerprint density at radius 2 is 2.11 bits per heavy atom. The van der Waals surface area contributed by atoms with Crippen molar-refractivity contribution < 1.29 is 4.79 Å². The molecule has 0 aliphatic heterocycles. The highest BCUT2D eigenvalue weighted by Gasteiger charge is 2.21. The molecule has 0 atom stereocenters. The zero-order valence-corrected chi connectivity index (χ0v) is 12.5. The summed E-state index contributed by atoms with van der Waals surface area (Å²) >= 11 is 11.8. The molecule has 0 saturated heterocycles. The van der Waals surface area contributed by atoms with Crippen LogP contribution in [0.2, 0.25) is 10.0 Å². The lowest BCUT2D eigenvalue weighted by molar-refractivity contribution is -0.129. The first-order chi connectivity index (χ1) is 9.06. The van der Waals surface area contributed by atoms with E-state index in [-0.39, 0.29) is 5.91 Å². The average Bonchev–Trinajstić information content (AvgIpc) is 3.17. The Bertz CT molecular complexity index is 461. The van der Waals surface area contributed by atoms with Crippen LogP contribution in [0.1, 0.15) is 18.4 Å². The van der Waals surface area contributed by atoms with Crippen LogP contribution in [0.3, 0.4) is 0 Å². The van der Waals surface area contributed by atoms with E-state index < -0.39 is 0 Å². The molecule has 1 aromatic carbocycles. The molecule has 5 heteroatoms. The van der Waals surface area contributed by atoms with E-state index in [0.29, 0.717) is 23.1 Å². The Morgan fingerprint density at radius 3 is 2.74 bits per heavy atom. The van der Waals surface area contributed by atoms with Crippen LogP contribution in [0, 0.1) is 5.92 Å². The molecule has 1 fully saturated rings. The zero-order valence-electron chi connectivity index (χ0n) is 11.0. The van der Waals surface area contributed by atoms with Gasteiger partial charge in [0.25, 0.3) is 0 Å². The van der Waals surface area contributed by atoms with E-state index in [1.165, 1.54) is 12.8 Å². The van der Waals surface area contributed by atoms with Gasteiger partial charge in [0.15, 0.2) is 0 Å². The fourth-order valence-corrected chi connectivity index (χ4v) is 2.16. The van der Waals surface area contributed by atoms with E-state index in [9.17, 15) is 4.79 Å². The molecule has 1 aromatic rings. The third-order valence-corrected chi connectivity index (χ3v) is 3.97. The number of hydrogen-bond acceptors (Lipinski definition) is 2. The molecule has 0 spiro atoms. The van der Waals surface area contributed by atoms with Crippen molar-refractivity contribution in [1.82, 2.24) is 10.2 Å². The van der Waals surface area contributed by atoms with Gasteiger partial charge in [-0.15, -0.1) is 0 Å². The predicted molar refractivity (Wildman–Crippen MR) is 78.5 cm³/mol. The van der Waals surface area contributed by atoms with Crippen LogP contribution in [0.4, 0.5) is 0 Å². The SMILES string of the molecule is CN(Cc1ccc(Cl)c(Cl)c1)C(=O)CNCC1CC1. The van der Waals surface area contributed by atoms with Gasteiger partial charge in [-0.25, -0.2) is 0 Å². The summed E-state index contributed by atoms with van der Waals surface area (Å²) in [5.41, 5.74) is 0.979. The third-order valence-electron chi connectivity index (χ3n) is 3.24. The number of likely N-dealkylation sites (N-methyl/N-ethyl adjacent to an activating group) is 1. The minimum Gasteiger partial charge on any atom is -0.340 e. The molecule has 0 unspecified atom stereocenters. The van der Waals surface area contributed by atoms with Crippen LogP contribution >= 0.6 is 23.2 Å². The summed E-state index contributed by atoms with van der Waals surface area (Å²) in [6.07, 6.45) is 2.58. The quantitative estimate of drug-likeness (QED) is 0.876.